The second kappa shape index (κ2) is 4.42. The second-order valence-corrected chi connectivity index (χ2v) is 3.58. The number of nitrogens with one attached hydrogen (secondary N) is 2. The summed E-state index contributed by atoms with van der Waals surface area (Å²) in [5.41, 5.74) is 4.11. The van der Waals surface area contributed by atoms with Crippen LogP contribution in [-0.2, 0) is 0 Å². The van der Waals surface area contributed by atoms with Gasteiger partial charge in [0.2, 0.25) is 0 Å². The molecule has 0 amide bonds. The number of hydrogen-bond donors (Lipinski definition) is 3. The molecule has 1 aromatic carbocycles. The van der Waals surface area contributed by atoms with Crippen molar-refractivity contribution in [3.05, 3.63) is 53.4 Å². The number of aromatic nitrogens is 2. The minimum absolute atomic E-state index is 0.223. The van der Waals surface area contributed by atoms with Gasteiger partial charge in [0.15, 0.2) is 0 Å². The fourth-order valence-electron chi connectivity index (χ4n) is 1.62. The van der Waals surface area contributed by atoms with Crippen LogP contribution < -0.4 is 11.3 Å². The van der Waals surface area contributed by atoms with Gasteiger partial charge in [-0.25, -0.2) is 14.8 Å². The van der Waals surface area contributed by atoms with Gasteiger partial charge in [-0.1, -0.05) is 12.1 Å². The summed E-state index contributed by atoms with van der Waals surface area (Å²) in [6, 6.07) is 4.62. The Hall–Kier alpha value is -1.72. The van der Waals surface area contributed by atoms with E-state index in [0.717, 1.165) is 5.56 Å². The van der Waals surface area contributed by atoms with Gasteiger partial charge in [0.1, 0.15) is 17.7 Å². The first-order chi connectivity index (χ1) is 7.72. The van der Waals surface area contributed by atoms with Gasteiger partial charge in [0.05, 0.1) is 0 Å². The minimum Gasteiger partial charge on any atom is -0.347 e. The van der Waals surface area contributed by atoms with Crippen molar-refractivity contribution in [3.63, 3.8) is 0 Å². The molecule has 1 heterocycles. The van der Waals surface area contributed by atoms with Crippen molar-refractivity contribution in [2.75, 3.05) is 0 Å². The number of hydrogen-bond acceptors (Lipinski definition) is 3. The molecule has 1 unspecified atom stereocenters. The predicted molar refractivity (Wildman–Crippen MR) is 58.9 cm³/mol. The Bertz CT molecular complexity index is 467. The maximum atomic E-state index is 13.1. The van der Waals surface area contributed by atoms with Gasteiger partial charge < -0.3 is 4.98 Å². The lowest BCUT2D eigenvalue weighted by molar-refractivity contribution is 0.595. The number of benzene rings is 1. The predicted octanol–water partition coefficient (Wildman–Crippen LogP) is 1.41. The van der Waals surface area contributed by atoms with E-state index in [1.807, 2.05) is 0 Å². The van der Waals surface area contributed by atoms with Gasteiger partial charge in [-0.05, 0) is 24.1 Å². The number of aromatic amines is 1. The molecule has 0 aliphatic heterocycles. The summed E-state index contributed by atoms with van der Waals surface area (Å²) in [6.45, 7) is 1.72. The summed E-state index contributed by atoms with van der Waals surface area (Å²) < 4.78 is 13.1. The molecule has 0 radical (unpaired) electrons. The van der Waals surface area contributed by atoms with Crippen LogP contribution in [0.3, 0.4) is 0 Å². The molecule has 2 rings (SSSR count). The highest BCUT2D eigenvalue weighted by molar-refractivity contribution is 5.29. The van der Waals surface area contributed by atoms with Crippen molar-refractivity contribution in [2.24, 2.45) is 5.84 Å². The summed E-state index contributed by atoms with van der Waals surface area (Å²) in [6.07, 6.45) is 3.37. The van der Waals surface area contributed by atoms with Crippen LogP contribution in [0, 0.1) is 12.7 Å². The third kappa shape index (κ3) is 1.95. The van der Waals surface area contributed by atoms with Gasteiger partial charge in [0.25, 0.3) is 0 Å². The highest BCUT2D eigenvalue weighted by atomic mass is 19.1. The number of aryl methyl sites for hydroxylation is 1. The van der Waals surface area contributed by atoms with Crippen LogP contribution in [0.1, 0.15) is 23.0 Å². The first-order valence-corrected chi connectivity index (χ1v) is 4.94. The molecule has 5 heteroatoms. The third-order valence-electron chi connectivity index (χ3n) is 2.47. The molecule has 0 bridgehead atoms. The lowest BCUT2D eigenvalue weighted by Gasteiger charge is -2.14. The molecule has 1 aromatic heterocycles. The van der Waals surface area contributed by atoms with E-state index in [1.54, 1.807) is 31.5 Å². The van der Waals surface area contributed by atoms with Crippen molar-refractivity contribution in [1.82, 2.24) is 15.4 Å². The van der Waals surface area contributed by atoms with Crippen molar-refractivity contribution < 1.29 is 4.39 Å². The Morgan fingerprint density at radius 3 is 2.88 bits per heavy atom. The van der Waals surface area contributed by atoms with Gasteiger partial charge >= 0.3 is 0 Å². The maximum absolute atomic E-state index is 13.1. The van der Waals surface area contributed by atoms with Crippen molar-refractivity contribution in [1.29, 1.82) is 0 Å². The molecule has 0 spiro atoms. The quantitative estimate of drug-likeness (QED) is 0.541. The van der Waals surface area contributed by atoms with Gasteiger partial charge in [0, 0.05) is 12.4 Å². The normalized spacial score (nSPS) is 12.7. The smallest absolute Gasteiger partial charge is 0.129 e. The van der Waals surface area contributed by atoms with Gasteiger partial charge in [-0.2, -0.15) is 0 Å². The Balaban J connectivity index is 2.37. The van der Waals surface area contributed by atoms with Crippen LogP contribution in [0.2, 0.25) is 0 Å². The lowest BCUT2D eigenvalue weighted by atomic mass is 10.0. The SMILES string of the molecule is Cc1cc(C(NN)c2ncc[nH]2)ccc1F. The number of rotatable bonds is 3. The highest BCUT2D eigenvalue weighted by Crippen LogP contribution is 2.20. The van der Waals surface area contributed by atoms with E-state index >= 15 is 0 Å². The largest absolute Gasteiger partial charge is 0.347 e. The zero-order valence-corrected chi connectivity index (χ0v) is 8.87. The highest BCUT2D eigenvalue weighted by Gasteiger charge is 2.15. The monoisotopic (exact) mass is 220 g/mol. The number of hydrazine groups is 1. The van der Waals surface area contributed by atoms with Crippen LogP contribution in [0.5, 0.6) is 0 Å². The van der Waals surface area contributed by atoms with E-state index in [1.165, 1.54) is 6.07 Å². The second-order valence-electron chi connectivity index (χ2n) is 3.58. The van der Waals surface area contributed by atoms with E-state index in [4.69, 9.17) is 5.84 Å². The van der Waals surface area contributed by atoms with E-state index in [0.29, 0.717) is 11.4 Å². The lowest BCUT2D eigenvalue weighted by Crippen LogP contribution is -2.29. The van der Waals surface area contributed by atoms with E-state index in [-0.39, 0.29) is 11.9 Å². The summed E-state index contributed by atoms with van der Waals surface area (Å²) in [5, 5.41) is 0. The van der Waals surface area contributed by atoms with Crippen LogP contribution in [0.15, 0.2) is 30.6 Å². The molecular formula is C11H13FN4. The first-order valence-electron chi connectivity index (χ1n) is 4.94. The molecule has 0 saturated heterocycles. The molecule has 4 nitrogen and oxygen atoms in total. The number of H-pyrrole nitrogens is 1. The summed E-state index contributed by atoms with van der Waals surface area (Å²) in [4.78, 5) is 7.10. The third-order valence-corrected chi connectivity index (χ3v) is 2.47. The fourth-order valence-corrected chi connectivity index (χ4v) is 1.62. The number of nitrogens with zero attached hydrogens (tertiary/aromatic N) is 1. The van der Waals surface area contributed by atoms with E-state index in [2.05, 4.69) is 15.4 Å². The molecule has 0 aliphatic rings. The standard InChI is InChI=1S/C11H13FN4/c1-7-6-8(2-3-9(7)12)10(16-13)11-14-4-5-15-11/h2-6,10,16H,13H2,1H3,(H,14,15). The molecule has 16 heavy (non-hydrogen) atoms. The Labute approximate surface area is 92.7 Å². The molecule has 4 N–H and O–H groups in total. The average Bonchev–Trinajstić information content (AvgIpc) is 2.78. The molecular weight excluding hydrogens is 207 g/mol. The Morgan fingerprint density at radius 2 is 2.31 bits per heavy atom. The molecule has 84 valence electrons. The van der Waals surface area contributed by atoms with E-state index < -0.39 is 0 Å². The van der Waals surface area contributed by atoms with Crippen molar-refractivity contribution in [2.45, 2.75) is 13.0 Å². The Kier molecular flexibility index (Phi) is 2.98. The first kappa shape index (κ1) is 10.8. The number of halogens is 1. The summed E-state index contributed by atoms with van der Waals surface area (Å²) in [5.74, 6) is 5.96. The maximum Gasteiger partial charge on any atom is 0.129 e. The zero-order chi connectivity index (χ0) is 11.5. The van der Waals surface area contributed by atoms with Crippen molar-refractivity contribution >= 4 is 0 Å². The number of nitrogens with two attached hydrogens (primary N) is 1. The molecule has 0 fully saturated rings. The molecule has 2 aromatic rings. The minimum atomic E-state index is -0.255. The van der Waals surface area contributed by atoms with Crippen LogP contribution in [-0.4, -0.2) is 9.97 Å². The van der Waals surface area contributed by atoms with E-state index in [9.17, 15) is 4.39 Å². The fraction of sp³-hybridized carbons (Fsp3) is 0.182. The van der Waals surface area contributed by atoms with Crippen LogP contribution in [0.25, 0.3) is 0 Å². The molecule has 1 atom stereocenters. The van der Waals surface area contributed by atoms with Crippen LogP contribution >= 0.6 is 0 Å². The summed E-state index contributed by atoms with van der Waals surface area (Å²) >= 11 is 0. The average molecular weight is 220 g/mol. The molecule has 0 saturated carbocycles. The Morgan fingerprint density at radius 1 is 1.50 bits per heavy atom. The van der Waals surface area contributed by atoms with Crippen LogP contribution in [0.4, 0.5) is 4.39 Å². The zero-order valence-electron chi connectivity index (χ0n) is 8.87. The summed E-state index contributed by atoms with van der Waals surface area (Å²) in [7, 11) is 0. The molecule has 0 aliphatic carbocycles. The van der Waals surface area contributed by atoms with Gasteiger partial charge in [-0.3, -0.25) is 5.84 Å². The van der Waals surface area contributed by atoms with Gasteiger partial charge in [-0.15, -0.1) is 0 Å². The van der Waals surface area contributed by atoms with Crippen molar-refractivity contribution in [3.8, 4) is 0 Å². The number of imidazole rings is 1. The topological polar surface area (TPSA) is 66.7 Å².